The lowest BCUT2D eigenvalue weighted by atomic mass is 9.98. The summed E-state index contributed by atoms with van der Waals surface area (Å²) in [4.78, 5) is 4.37. The molecule has 1 aliphatic carbocycles. The Kier molecular flexibility index (Phi) is 5.94. The van der Waals surface area contributed by atoms with Crippen molar-refractivity contribution in [2.45, 2.75) is 32.5 Å². The van der Waals surface area contributed by atoms with Crippen LogP contribution in [0.25, 0.3) is 27.7 Å². The van der Waals surface area contributed by atoms with E-state index in [1.807, 2.05) is 36.4 Å². The van der Waals surface area contributed by atoms with Crippen LogP contribution in [-0.2, 0) is 25.6 Å². The van der Waals surface area contributed by atoms with Crippen LogP contribution in [0.3, 0.4) is 0 Å². The van der Waals surface area contributed by atoms with E-state index in [1.54, 1.807) is 29.1 Å². The van der Waals surface area contributed by atoms with Crippen LogP contribution in [-0.4, -0.2) is 9.55 Å². The van der Waals surface area contributed by atoms with Crippen molar-refractivity contribution in [2.75, 3.05) is 0 Å². The van der Waals surface area contributed by atoms with Crippen molar-refractivity contribution in [3.63, 3.8) is 0 Å². The highest BCUT2D eigenvalue weighted by Gasteiger charge is 2.34. The minimum Gasteiger partial charge on any atom is -0.473 e. The molecule has 0 unspecified atom stereocenters. The van der Waals surface area contributed by atoms with Crippen molar-refractivity contribution >= 4 is 10.9 Å². The maximum Gasteiger partial charge on any atom is 0.417 e. The van der Waals surface area contributed by atoms with Crippen molar-refractivity contribution in [3.05, 3.63) is 113 Å². The molecule has 0 amide bonds. The summed E-state index contributed by atoms with van der Waals surface area (Å²) >= 11 is 0. The van der Waals surface area contributed by atoms with Crippen molar-refractivity contribution in [3.8, 4) is 22.7 Å². The highest BCUT2D eigenvalue weighted by molar-refractivity contribution is 5.98. The van der Waals surface area contributed by atoms with Gasteiger partial charge in [0.05, 0.1) is 11.1 Å². The standard InChI is InChI=1S/C31H24F4N2O/c1-19-11-20-14-30(36-16-21(20)12-19)38-18-22-13-25-26(24-9-5-6-10-27(24)31(33,34)35)17-37(29(25)15-28(22)32)23-7-3-2-4-8-23/h2-10,13-17,19H,11-12,18H2,1H3/t19-/m0/s1. The Hall–Kier alpha value is -4.13. The van der Waals surface area contributed by atoms with E-state index in [-0.39, 0.29) is 17.7 Å². The molecule has 6 rings (SSSR count). The Labute approximate surface area is 217 Å². The summed E-state index contributed by atoms with van der Waals surface area (Å²) in [6.45, 7) is 2.08. The molecule has 1 atom stereocenters. The Bertz CT molecular complexity index is 1640. The normalized spacial score (nSPS) is 15.1. The molecule has 0 saturated carbocycles. The molecule has 0 bridgehead atoms. The number of fused-ring (bicyclic) bond motifs is 2. The van der Waals surface area contributed by atoms with Gasteiger partial charge in [0.1, 0.15) is 12.4 Å². The third-order valence-electron chi connectivity index (χ3n) is 7.10. The predicted octanol–water partition coefficient (Wildman–Crippen LogP) is 8.16. The Balaban J connectivity index is 1.45. The molecule has 3 nitrogen and oxygen atoms in total. The number of alkyl halides is 3. The fraction of sp³-hybridized carbons (Fsp3) is 0.194. The van der Waals surface area contributed by atoms with E-state index < -0.39 is 17.6 Å². The first-order chi connectivity index (χ1) is 18.3. The van der Waals surface area contributed by atoms with Gasteiger partial charge in [0.2, 0.25) is 5.88 Å². The average molecular weight is 517 g/mol. The van der Waals surface area contributed by atoms with Crippen LogP contribution < -0.4 is 4.74 Å². The van der Waals surface area contributed by atoms with Gasteiger partial charge in [0.25, 0.3) is 0 Å². The summed E-state index contributed by atoms with van der Waals surface area (Å²) in [6, 6.07) is 19.4. The Morgan fingerprint density at radius 2 is 1.66 bits per heavy atom. The molecule has 38 heavy (non-hydrogen) atoms. The first-order valence-electron chi connectivity index (χ1n) is 12.4. The van der Waals surface area contributed by atoms with Gasteiger partial charge in [-0.15, -0.1) is 0 Å². The van der Waals surface area contributed by atoms with Gasteiger partial charge in [-0.1, -0.05) is 43.3 Å². The summed E-state index contributed by atoms with van der Waals surface area (Å²) in [7, 11) is 0. The number of benzene rings is 3. The summed E-state index contributed by atoms with van der Waals surface area (Å²) in [5, 5.41) is 0.501. The zero-order valence-corrected chi connectivity index (χ0v) is 20.6. The fourth-order valence-electron chi connectivity index (χ4n) is 5.31. The third-order valence-corrected chi connectivity index (χ3v) is 7.10. The number of nitrogens with zero attached hydrogens (tertiary/aromatic N) is 2. The molecule has 5 aromatic rings. The minimum absolute atomic E-state index is 0.0348. The van der Waals surface area contributed by atoms with Crippen molar-refractivity contribution in [1.29, 1.82) is 0 Å². The second-order valence-corrected chi connectivity index (χ2v) is 9.85. The third kappa shape index (κ3) is 4.42. The quantitative estimate of drug-likeness (QED) is 0.220. The van der Waals surface area contributed by atoms with Gasteiger partial charge in [-0.05, 0) is 65.8 Å². The van der Waals surface area contributed by atoms with E-state index in [2.05, 4.69) is 11.9 Å². The maximum absolute atomic E-state index is 15.4. The van der Waals surface area contributed by atoms with Gasteiger partial charge in [-0.3, -0.25) is 0 Å². The van der Waals surface area contributed by atoms with Crippen LogP contribution >= 0.6 is 0 Å². The molecule has 192 valence electrons. The van der Waals surface area contributed by atoms with E-state index in [0.717, 1.165) is 18.9 Å². The number of rotatable bonds is 5. The smallest absolute Gasteiger partial charge is 0.417 e. The lowest BCUT2D eigenvalue weighted by Crippen LogP contribution is -2.06. The number of hydrogen-bond acceptors (Lipinski definition) is 2. The van der Waals surface area contributed by atoms with Gasteiger partial charge >= 0.3 is 6.18 Å². The first-order valence-corrected chi connectivity index (χ1v) is 12.4. The van der Waals surface area contributed by atoms with Gasteiger partial charge in [-0.2, -0.15) is 13.2 Å². The second-order valence-electron chi connectivity index (χ2n) is 9.85. The second kappa shape index (κ2) is 9.31. The maximum atomic E-state index is 15.4. The van der Waals surface area contributed by atoms with Crippen LogP contribution in [0.4, 0.5) is 17.6 Å². The predicted molar refractivity (Wildman–Crippen MR) is 139 cm³/mol. The van der Waals surface area contributed by atoms with E-state index in [1.165, 1.54) is 29.3 Å². The molecule has 0 N–H and O–H groups in total. The summed E-state index contributed by atoms with van der Waals surface area (Å²) in [5.41, 5.74) is 3.46. The first kappa shape index (κ1) is 24.2. The van der Waals surface area contributed by atoms with Crippen LogP contribution in [0.15, 0.2) is 85.2 Å². The molecule has 3 aromatic carbocycles. The number of pyridine rings is 1. The minimum atomic E-state index is -4.54. The van der Waals surface area contributed by atoms with E-state index in [0.29, 0.717) is 34.0 Å². The van der Waals surface area contributed by atoms with Crippen LogP contribution in [0, 0.1) is 11.7 Å². The van der Waals surface area contributed by atoms with Gasteiger partial charge in [0.15, 0.2) is 0 Å². The van der Waals surface area contributed by atoms with Crippen molar-refractivity contribution in [2.24, 2.45) is 5.92 Å². The van der Waals surface area contributed by atoms with Crippen LogP contribution in [0.5, 0.6) is 5.88 Å². The zero-order valence-electron chi connectivity index (χ0n) is 20.6. The van der Waals surface area contributed by atoms with Gasteiger partial charge in [0, 0.05) is 40.7 Å². The molecule has 0 aliphatic heterocycles. The Morgan fingerprint density at radius 1 is 0.921 bits per heavy atom. The molecule has 0 spiro atoms. The van der Waals surface area contributed by atoms with E-state index in [9.17, 15) is 13.2 Å². The number of halogens is 4. The molecular formula is C31H24F4N2O. The number of ether oxygens (including phenoxy) is 1. The molecule has 1 aliphatic rings. The van der Waals surface area contributed by atoms with E-state index >= 15 is 4.39 Å². The number of aromatic nitrogens is 2. The summed E-state index contributed by atoms with van der Waals surface area (Å²) in [5.74, 6) is 0.452. The molecule has 2 heterocycles. The molecule has 0 fully saturated rings. The molecular weight excluding hydrogens is 492 g/mol. The monoisotopic (exact) mass is 516 g/mol. The number of hydrogen-bond donors (Lipinski definition) is 0. The molecule has 7 heteroatoms. The van der Waals surface area contributed by atoms with Crippen molar-refractivity contribution in [1.82, 2.24) is 9.55 Å². The summed E-state index contributed by atoms with van der Waals surface area (Å²) < 4.78 is 64.8. The van der Waals surface area contributed by atoms with Gasteiger partial charge < -0.3 is 9.30 Å². The molecule has 2 aromatic heterocycles. The summed E-state index contributed by atoms with van der Waals surface area (Å²) in [6.07, 6.45) is 0.830. The Morgan fingerprint density at radius 3 is 2.45 bits per heavy atom. The van der Waals surface area contributed by atoms with E-state index in [4.69, 9.17) is 4.74 Å². The number of para-hydroxylation sites is 1. The largest absolute Gasteiger partial charge is 0.473 e. The highest BCUT2D eigenvalue weighted by atomic mass is 19.4. The zero-order chi connectivity index (χ0) is 26.4. The molecule has 0 saturated heterocycles. The average Bonchev–Trinajstić information content (AvgIpc) is 3.46. The SMILES string of the molecule is C[C@@H]1Cc2cnc(OCc3cc4c(-c5ccccc5C(F)(F)F)cn(-c5ccccc5)c4cc3F)cc2C1. The lowest BCUT2D eigenvalue weighted by molar-refractivity contribution is -0.137. The molecule has 0 radical (unpaired) electrons. The fourth-order valence-corrected chi connectivity index (χ4v) is 5.31. The van der Waals surface area contributed by atoms with Crippen LogP contribution in [0.2, 0.25) is 0 Å². The highest BCUT2D eigenvalue weighted by Crippen LogP contribution is 2.41. The van der Waals surface area contributed by atoms with Crippen molar-refractivity contribution < 1.29 is 22.3 Å². The van der Waals surface area contributed by atoms with Crippen LogP contribution in [0.1, 0.15) is 29.2 Å². The lowest BCUT2D eigenvalue weighted by Gasteiger charge is -2.12. The van der Waals surface area contributed by atoms with Gasteiger partial charge in [-0.25, -0.2) is 9.37 Å². The topological polar surface area (TPSA) is 27.1 Å².